The molecule has 0 radical (unpaired) electrons. The van der Waals surface area contributed by atoms with Gasteiger partial charge >= 0.3 is 0 Å². The molecule has 1 nitrogen and oxygen atoms in total. The number of phenolic OH excluding ortho intramolecular Hbond substituents is 1. The summed E-state index contributed by atoms with van der Waals surface area (Å²) >= 11 is 5.87. The van der Waals surface area contributed by atoms with E-state index in [-0.39, 0.29) is 16.6 Å². The molecule has 0 fully saturated rings. The van der Waals surface area contributed by atoms with Gasteiger partial charge in [-0.05, 0) is 22.9 Å². The Labute approximate surface area is 102 Å². The van der Waals surface area contributed by atoms with Gasteiger partial charge in [-0.1, -0.05) is 41.9 Å². The summed E-state index contributed by atoms with van der Waals surface area (Å²) in [6.45, 7) is 0. The standard InChI is InChI=1S/C14H8ClFO/c15-10-7-6-9-5-4-8-2-1-3-11(16)12(8)13(9)14(10)17/h1-7,17H. The highest BCUT2D eigenvalue weighted by molar-refractivity contribution is 6.34. The van der Waals surface area contributed by atoms with Gasteiger partial charge in [0.2, 0.25) is 0 Å². The third-order valence-electron chi connectivity index (χ3n) is 2.90. The van der Waals surface area contributed by atoms with E-state index in [9.17, 15) is 9.50 Å². The lowest BCUT2D eigenvalue weighted by Gasteiger charge is -2.07. The molecule has 0 saturated heterocycles. The molecular weight excluding hydrogens is 239 g/mol. The van der Waals surface area contributed by atoms with Crippen molar-refractivity contribution < 1.29 is 9.50 Å². The second-order valence-corrected chi connectivity index (χ2v) is 4.30. The molecule has 1 N–H and O–H groups in total. The first kappa shape index (κ1) is 10.4. The molecule has 3 heteroatoms. The highest BCUT2D eigenvalue weighted by atomic mass is 35.5. The maximum absolute atomic E-state index is 13.9. The van der Waals surface area contributed by atoms with Crippen molar-refractivity contribution in [3.63, 3.8) is 0 Å². The predicted molar refractivity (Wildman–Crippen MR) is 68.1 cm³/mol. The van der Waals surface area contributed by atoms with Crippen LogP contribution in [0.1, 0.15) is 0 Å². The highest BCUT2D eigenvalue weighted by Gasteiger charge is 2.11. The summed E-state index contributed by atoms with van der Waals surface area (Å²) in [4.78, 5) is 0. The van der Waals surface area contributed by atoms with Crippen molar-refractivity contribution in [2.24, 2.45) is 0 Å². The van der Waals surface area contributed by atoms with E-state index in [1.165, 1.54) is 6.07 Å². The molecule has 0 aromatic heterocycles. The number of fused-ring (bicyclic) bond motifs is 3. The minimum atomic E-state index is -0.356. The predicted octanol–water partition coefficient (Wildman–Crippen LogP) is 4.49. The van der Waals surface area contributed by atoms with Gasteiger partial charge in [0.1, 0.15) is 11.6 Å². The Morgan fingerprint density at radius 3 is 2.29 bits per heavy atom. The van der Waals surface area contributed by atoms with Crippen LogP contribution in [0.5, 0.6) is 5.75 Å². The summed E-state index contributed by atoms with van der Waals surface area (Å²) < 4.78 is 13.9. The fraction of sp³-hybridized carbons (Fsp3) is 0. The van der Waals surface area contributed by atoms with Crippen molar-refractivity contribution in [1.82, 2.24) is 0 Å². The van der Waals surface area contributed by atoms with Gasteiger partial charge in [-0.15, -0.1) is 0 Å². The molecule has 17 heavy (non-hydrogen) atoms. The number of halogens is 2. The minimum absolute atomic E-state index is 0.0696. The van der Waals surface area contributed by atoms with Gasteiger partial charge < -0.3 is 5.11 Å². The molecule has 3 aromatic rings. The summed E-state index contributed by atoms with van der Waals surface area (Å²) in [6.07, 6.45) is 0. The molecule has 0 aliphatic heterocycles. The molecule has 0 bridgehead atoms. The van der Waals surface area contributed by atoms with E-state index in [1.807, 2.05) is 12.1 Å². The molecule has 0 atom stereocenters. The van der Waals surface area contributed by atoms with Crippen LogP contribution in [0.2, 0.25) is 5.02 Å². The zero-order valence-corrected chi connectivity index (χ0v) is 9.50. The molecule has 84 valence electrons. The van der Waals surface area contributed by atoms with Crippen LogP contribution < -0.4 is 0 Å². The van der Waals surface area contributed by atoms with Gasteiger partial charge in [0.15, 0.2) is 0 Å². The Bertz CT molecular complexity index is 737. The summed E-state index contributed by atoms with van der Waals surface area (Å²) in [5, 5.41) is 12.6. The lowest BCUT2D eigenvalue weighted by molar-refractivity contribution is 0.482. The molecule has 0 aliphatic rings. The third kappa shape index (κ3) is 1.45. The van der Waals surface area contributed by atoms with Crippen molar-refractivity contribution in [3.05, 3.63) is 53.3 Å². The molecule has 3 aromatic carbocycles. The van der Waals surface area contributed by atoms with Crippen molar-refractivity contribution in [2.75, 3.05) is 0 Å². The SMILES string of the molecule is Oc1c(Cl)ccc2ccc3cccc(F)c3c12. The van der Waals surface area contributed by atoms with Crippen molar-refractivity contribution in [2.45, 2.75) is 0 Å². The average molecular weight is 247 g/mol. The van der Waals surface area contributed by atoms with Crippen LogP contribution in [-0.2, 0) is 0 Å². The van der Waals surface area contributed by atoms with Crippen LogP contribution in [0.4, 0.5) is 4.39 Å². The number of benzene rings is 3. The maximum Gasteiger partial charge on any atom is 0.142 e. The van der Waals surface area contributed by atoms with Crippen molar-refractivity contribution in [3.8, 4) is 5.75 Å². The van der Waals surface area contributed by atoms with Gasteiger partial charge in [-0.25, -0.2) is 4.39 Å². The van der Waals surface area contributed by atoms with E-state index < -0.39 is 0 Å². The number of aromatic hydroxyl groups is 1. The Balaban J connectivity index is 2.67. The van der Waals surface area contributed by atoms with Crippen LogP contribution in [0.25, 0.3) is 21.5 Å². The van der Waals surface area contributed by atoms with Crippen LogP contribution >= 0.6 is 11.6 Å². The van der Waals surface area contributed by atoms with E-state index >= 15 is 0 Å². The molecule has 0 aliphatic carbocycles. The lowest BCUT2D eigenvalue weighted by Crippen LogP contribution is -1.83. The number of phenols is 1. The normalized spacial score (nSPS) is 11.2. The Hall–Kier alpha value is -1.80. The van der Waals surface area contributed by atoms with Gasteiger partial charge in [-0.3, -0.25) is 0 Å². The zero-order valence-electron chi connectivity index (χ0n) is 8.74. The maximum atomic E-state index is 13.9. The molecule has 0 unspecified atom stereocenters. The summed E-state index contributed by atoms with van der Waals surface area (Å²) in [5.41, 5.74) is 0. The lowest BCUT2D eigenvalue weighted by atomic mass is 10.0. The van der Waals surface area contributed by atoms with E-state index in [4.69, 9.17) is 11.6 Å². The zero-order chi connectivity index (χ0) is 12.0. The summed E-state index contributed by atoms with van der Waals surface area (Å²) in [5.74, 6) is -0.425. The van der Waals surface area contributed by atoms with Gasteiger partial charge in [0.05, 0.1) is 5.02 Å². The summed E-state index contributed by atoms with van der Waals surface area (Å²) in [6, 6.07) is 11.9. The first-order valence-electron chi connectivity index (χ1n) is 5.17. The number of hydrogen-bond acceptors (Lipinski definition) is 1. The Kier molecular flexibility index (Phi) is 2.20. The van der Waals surface area contributed by atoms with Crippen LogP contribution in [0.3, 0.4) is 0 Å². The second kappa shape index (κ2) is 3.60. The van der Waals surface area contributed by atoms with Crippen LogP contribution in [0, 0.1) is 5.82 Å². The van der Waals surface area contributed by atoms with Crippen LogP contribution in [-0.4, -0.2) is 5.11 Å². The molecular formula is C14H8ClFO. The molecule has 3 rings (SSSR count). The second-order valence-electron chi connectivity index (χ2n) is 3.90. The van der Waals surface area contributed by atoms with E-state index in [2.05, 4.69) is 0 Å². The molecule has 0 spiro atoms. The van der Waals surface area contributed by atoms with Crippen molar-refractivity contribution >= 4 is 33.1 Å². The largest absolute Gasteiger partial charge is 0.506 e. The smallest absolute Gasteiger partial charge is 0.142 e. The van der Waals surface area contributed by atoms with Crippen LogP contribution in [0.15, 0.2) is 42.5 Å². The van der Waals surface area contributed by atoms with E-state index in [1.54, 1.807) is 24.3 Å². The molecule has 0 saturated carbocycles. The molecule has 0 amide bonds. The fourth-order valence-corrected chi connectivity index (χ4v) is 2.26. The van der Waals surface area contributed by atoms with Gasteiger partial charge in [0, 0.05) is 10.8 Å². The fourth-order valence-electron chi connectivity index (χ4n) is 2.11. The quantitative estimate of drug-likeness (QED) is 0.580. The third-order valence-corrected chi connectivity index (χ3v) is 3.20. The Morgan fingerprint density at radius 2 is 1.53 bits per heavy atom. The first-order valence-corrected chi connectivity index (χ1v) is 5.54. The summed E-state index contributed by atoms with van der Waals surface area (Å²) in [7, 11) is 0. The number of hydrogen-bond donors (Lipinski definition) is 1. The Morgan fingerprint density at radius 1 is 0.882 bits per heavy atom. The number of rotatable bonds is 0. The monoisotopic (exact) mass is 246 g/mol. The van der Waals surface area contributed by atoms with Gasteiger partial charge in [-0.2, -0.15) is 0 Å². The average Bonchev–Trinajstić information content (AvgIpc) is 2.34. The van der Waals surface area contributed by atoms with E-state index in [0.717, 1.165) is 10.8 Å². The van der Waals surface area contributed by atoms with E-state index in [0.29, 0.717) is 10.8 Å². The first-order chi connectivity index (χ1) is 8.18. The van der Waals surface area contributed by atoms with Crippen molar-refractivity contribution in [1.29, 1.82) is 0 Å². The topological polar surface area (TPSA) is 20.2 Å². The van der Waals surface area contributed by atoms with Gasteiger partial charge in [0.25, 0.3) is 0 Å². The highest BCUT2D eigenvalue weighted by Crippen LogP contribution is 2.37. The molecule has 0 heterocycles. The minimum Gasteiger partial charge on any atom is -0.506 e.